The summed E-state index contributed by atoms with van der Waals surface area (Å²) in [5.41, 5.74) is 0.0466. The molecule has 3 rings (SSSR count). The van der Waals surface area contributed by atoms with Gasteiger partial charge >= 0.3 is 0 Å². The second kappa shape index (κ2) is 6.73. The van der Waals surface area contributed by atoms with E-state index in [0.717, 1.165) is 45.5 Å². The van der Waals surface area contributed by atoms with Gasteiger partial charge in [-0.3, -0.25) is 0 Å². The van der Waals surface area contributed by atoms with Gasteiger partial charge in [-0.2, -0.15) is 0 Å². The summed E-state index contributed by atoms with van der Waals surface area (Å²) in [4.78, 5) is 0. The highest BCUT2D eigenvalue weighted by molar-refractivity contribution is 4.91. The number of ether oxygens (including phenoxy) is 3. The van der Waals surface area contributed by atoms with Crippen LogP contribution < -0.4 is 5.32 Å². The van der Waals surface area contributed by atoms with Gasteiger partial charge in [0.05, 0.1) is 17.8 Å². The molecule has 1 N–H and O–H groups in total. The second-order valence-corrected chi connectivity index (χ2v) is 6.61. The van der Waals surface area contributed by atoms with Crippen LogP contribution in [0.4, 0.5) is 0 Å². The third-order valence-electron chi connectivity index (χ3n) is 5.29. The highest BCUT2D eigenvalue weighted by Gasteiger charge is 2.40. The molecule has 2 saturated heterocycles. The Bertz CT molecular complexity index is 299. The summed E-state index contributed by atoms with van der Waals surface area (Å²) in [6.07, 6.45) is 10.1. The average Bonchev–Trinajstić information content (AvgIpc) is 2.49. The molecule has 1 aliphatic carbocycles. The molecule has 0 amide bonds. The first-order chi connectivity index (χ1) is 9.81. The molecule has 3 unspecified atom stereocenters. The van der Waals surface area contributed by atoms with E-state index in [9.17, 15) is 0 Å². The Balaban J connectivity index is 1.56. The minimum Gasteiger partial charge on any atom is -0.381 e. The predicted molar refractivity (Wildman–Crippen MR) is 77.9 cm³/mol. The number of nitrogens with one attached hydrogen (secondary N) is 1. The fraction of sp³-hybridized carbons (Fsp3) is 1.00. The maximum atomic E-state index is 6.48. The van der Waals surface area contributed by atoms with Gasteiger partial charge in [0.25, 0.3) is 0 Å². The molecule has 116 valence electrons. The van der Waals surface area contributed by atoms with Crippen molar-refractivity contribution in [1.29, 1.82) is 0 Å². The van der Waals surface area contributed by atoms with Crippen molar-refractivity contribution in [1.82, 2.24) is 5.32 Å². The van der Waals surface area contributed by atoms with E-state index in [4.69, 9.17) is 14.2 Å². The van der Waals surface area contributed by atoms with E-state index in [1.807, 2.05) is 0 Å². The zero-order chi connectivity index (χ0) is 13.8. The molecule has 0 aromatic carbocycles. The molecule has 3 atom stereocenters. The molecule has 4 nitrogen and oxygen atoms in total. The molecule has 1 saturated carbocycles. The van der Waals surface area contributed by atoms with Crippen molar-refractivity contribution in [3.05, 3.63) is 0 Å². The van der Waals surface area contributed by atoms with Gasteiger partial charge in [-0.25, -0.2) is 0 Å². The van der Waals surface area contributed by atoms with Crippen LogP contribution in [0.2, 0.25) is 0 Å². The van der Waals surface area contributed by atoms with Crippen LogP contribution in [-0.2, 0) is 14.2 Å². The number of rotatable bonds is 3. The lowest BCUT2D eigenvalue weighted by atomic mass is 9.84. The van der Waals surface area contributed by atoms with Crippen molar-refractivity contribution >= 4 is 0 Å². The fourth-order valence-corrected chi connectivity index (χ4v) is 4.03. The summed E-state index contributed by atoms with van der Waals surface area (Å²) in [5.74, 6) is 0. The third kappa shape index (κ3) is 3.35. The zero-order valence-corrected chi connectivity index (χ0v) is 12.7. The zero-order valence-electron chi connectivity index (χ0n) is 12.7. The molecule has 3 aliphatic rings. The van der Waals surface area contributed by atoms with Crippen molar-refractivity contribution in [2.24, 2.45) is 0 Å². The summed E-state index contributed by atoms with van der Waals surface area (Å²) in [5, 5.41) is 3.44. The lowest BCUT2D eigenvalue weighted by Crippen LogP contribution is -2.49. The molecule has 0 aromatic heterocycles. The minimum atomic E-state index is 0.0466. The second-order valence-electron chi connectivity index (χ2n) is 6.61. The van der Waals surface area contributed by atoms with Gasteiger partial charge < -0.3 is 19.5 Å². The Hall–Kier alpha value is -0.160. The van der Waals surface area contributed by atoms with E-state index < -0.39 is 0 Å². The number of hydrogen-bond acceptors (Lipinski definition) is 4. The molecule has 0 radical (unpaired) electrons. The maximum absolute atomic E-state index is 6.48. The van der Waals surface area contributed by atoms with E-state index in [1.54, 1.807) is 0 Å². The molecular weight excluding hydrogens is 254 g/mol. The van der Waals surface area contributed by atoms with Crippen molar-refractivity contribution in [3.63, 3.8) is 0 Å². The van der Waals surface area contributed by atoms with Crippen LogP contribution in [0, 0.1) is 0 Å². The smallest absolute Gasteiger partial charge is 0.0751 e. The van der Waals surface area contributed by atoms with Crippen LogP contribution >= 0.6 is 0 Å². The third-order valence-corrected chi connectivity index (χ3v) is 5.29. The van der Waals surface area contributed by atoms with Crippen molar-refractivity contribution in [2.75, 3.05) is 26.9 Å². The highest BCUT2D eigenvalue weighted by atomic mass is 16.5. The van der Waals surface area contributed by atoms with Gasteiger partial charge in [-0.05, 0) is 39.2 Å². The largest absolute Gasteiger partial charge is 0.381 e. The van der Waals surface area contributed by atoms with E-state index in [-0.39, 0.29) is 5.60 Å². The van der Waals surface area contributed by atoms with E-state index >= 15 is 0 Å². The fourth-order valence-electron chi connectivity index (χ4n) is 4.03. The minimum absolute atomic E-state index is 0.0466. The van der Waals surface area contributed by atoms with Crippen molar-refractivity contribution in [3.8, 4) is 0 Å². The monoisotopic (exact) mass is 283 g/mol. The summed E-state index contributed by atoms with van der Waals surface area (Å²) in [6.45, 7) is 2.53. The first kappa shape index (κ1) is 14.8. The van der Waals surface area contributed by atoms with Gasteiger partial charge in [0.15, 0.2) is 0 Å². The summed E-state index contributed by atoms with van der Waals surface area (Å²) in [6, 6.07) is 0.539. The van der Waals surface area contributed by atoms with Crippen molar-refractivity contribution in [2.45, 2.75) is 75.2 Å². The van der Waals surface area contributed by atoms with Crippen LogP contribution in [0.1, 0.15) is 51.4 Å². The highest BCUT2D eigenvalue weighted by Crippen LogP contribution is 2.36. The Kier molecular flexibility index (Phi) is 4.97. The van der Waals surface area contributed by atoms with Gasteiger partial charge in [-0.15, -0.1) is 0 Å². The molecule has 0 bridgehead atoms. The van der Waals surface area contributed by atoms with E-state index in [2.05, 4.69) is 12.4 Å². The first-order valence-corrected chi connectivity index (χ1v) is 8.36. The van der Waals surface area contributed by atoms with Gasteiger partial charge in [-0.1, -0.05) is 12.8 Å². The molecule has 0 aromatic rings. The van der Waals surface area contributed by atoms with Gasteiger partial charge in [0, 0.05) is 32.3 Å². The Morgan fingerprint density at radius 1 is 1.05 bits per heavy atom. The predicted octanol–water partition coefficient (Wildman–Crippen LogP) is 2.26. The van der Waals surface area contributed by atoms with E-state index in [1.165, 1.54) is 25.7 Å². The lowest BCUT2D eigenvalue weighted by molar-refractivity contribution is -0.182. The molecule has 2 aliphatic heterocycles. The number of likely N-dealkylation sites (N-methyl/N-ethyl adjacent to an activating group) is 1. The summed E-state index contributed by atoms with van der Waals surface area (Å²) < 4.78 is 18.1. The molecule has 2 heterocycles. The molecule has 4 heteroatoms. The Morgan fingerprint density at radius 3 is 2.65 bits per heavy atom. The SMILES string of the molecule is CNC1CCCCC1OC1CCOC2(CCOCC2)C1. The molecular formula is C16H29NO3. The lowest BCUT2D eigenvalue weighted by Gasteiger charge is -2.44. The van der Waals surface area contributed by atoms with Crippen LogP contribution in [-0.4, -0.2) is 50.7 Å². The Labute approximate surface area is 122 Å². The standard InChI is InChI=1S/C16H29NO3/c1-17-14-4-2-3-5-15(14)20-13-6-9-19-16(12-13)7-10-18-11-8-16/h13-15,17H,2-12H2,1H3. The summed E-state index contributed by atoms with van der Waals surface area (Å²) in [7, 11) is 2.07. The molecule has 20 heavy (non-hydrogen) atoms. The van der Waals surface area contributed by atoms with Crippen LogP contribution in [0.5, 0.6) is 0 Å². The molecule has 3 fully saturated rings. The van der Waals surface area contributed by atoms with E-state index in [0.29, 0.717) is 18.2 Å². The van der Waals surface area contributed by atoms with Crippen LogP contribution in [0.15, 0.2) is 0 Å². The Morgan fingerprint density at radius 2 is 1.85 bits per heavy atom. The van der Waals surface area contributed by atoms with Crippen LogP contribution in [0.3, 0.4) is 0 Å². The van der Waals surface area contributed by atoms with Gasteiger partial charge in [0.2, 0.25) is 0 Å². The number of hydrogen-bond donors (Lipinski definition) is 1. The topological polar surface area (TPSA) is 39.7 Å². The first-order valence-electron chi connectivity index (χ1n) is 8.36. The van der Waals surface area contributed by atoms with Crippen molar-refractivity contribution < 1.29 is 14.2 Å². The van der Waals surface area contributed by atoms with Gasteiger partial charge in [0.1, 0.15) is 0 Å². The summed E-state index contributed by atoms with van der Waals surface area (Å²) >= 11 is 0. The average molecular weight is 283 g/mol. The molecule has 1 spiro atoms. The van der Waals surface area contributed by atoms with Crippen LogP contribution in [0.25, 0.3) is 0 Å². The maximum Gasteiger partial charge on any atom is 0.0751 e. The normalized spacial score (nSPS) is 38.0. The quantitative estimate of drug-likeness (QED) is 0.862.